The van der Waals surface area contributed by atoms with Crippen molar-refractivity contribution in [2.24, 2.45) is 0 Å². The number of nitrogens with zero attached hydrogens (tertiary/aromatic N) is 2. The van der Waals surface area contributed by atoms with Gasteiger partial charge in [0, 0.05) is 31.2 Å². The van der Waals surface area contributed by atoms with Crippen LogP contribution in [-0.2, 0) is 16.6 Å². The average Bonchev–Trinajstić information content (AvgIpc) is 3.16. The minimum atomic E-state index is -3.47. The Balaban J connectivity index is 1.43. The number of rotatable bonds is 4. The van der Waals surface area contributed by atoms with Crippen LogP contribution in [0, 0.1) is 5.82 Å². The maximum Gasteiger partial charge on any atom is 0.326 e. The number of piperidine rings is 1. The van der Waals surface area contributed by atoms with Crippen LogP contribution in [-0.4, -0.2) is 36.4 Å². The molecule has 0 aliphatic carbocycles. The Bertz CT molecular complexity index is 1130. The first-order chi connectivity index (χ1) is 13.9. The second-order valence-corrected chi connectivity index (χ2v) is 9.09. The molecule has 0 radical (unpaired) electrons. The van der Waals surface area contributed by atoms with Crippen LogP contribution >= 0.6 is 0 Å². The van der Waals surface area contributed by atoms with Gasteiger partial charge in [-0.1, -0.05) is 18.6 Å². The lowest BCUT2D eigenvalue weighted by atomic mass is 10.2. The van der Waals surface area contributed by atoms with Gasteiger partial charge in [-0.3, -0.25) is 4.57 Å². The fourth-order valence-corrected chi connectivity index (χ4v) is 5.09. The maximum absolute atomic E-state index is 13.5. The molecule has 1 N–H and O–H groups in total. The van der Waals surface area contributed by atoms with Crippen molar-refractivity contribution in [3.05, 3.63) is 66.1 Å². The molecule has 4 rings (SSSR count). The summed E-state index contributed by atoms with van der Waals surface area (Å²) in [6, 6.07) is 12.2. The maximum atomic E-state index is 13.5. The van der Waals surface area contributed by atoms with Gasteiger partial charge in [-0.05, 0) is 54.8 Å². The predicted molar refractivity (Wildman–Crippen MR) is 109 cm³/mol. The third-order valence-corrected chi connectivity index (χ3v) is 7.11. The molecule has 0 atom stereocenters. The van der Waals surface area contributed by atoms with Crippen molar-refractivity contribution in [1.29, 1.82) is 0 Å². The first kappa shape index (κ1) is 19.6. The Labute approximate surface area is 169 Å². The average molecular weight is 415 g/mol. The van der Waals surface area contributed by atoms with E-state index in [0.717, 1.165) is 30.2 Å². The summed E-state index contributed by atoms with van der Waals surface area (Å²) < 4.78 is 41.8. The molecule has 1 fully saturated rings. The fourth-order valence-electron chi connectivity index (χ4n) is 3.58. The summed E-state index contributed by atoms with van der Waals surface area (Å²) in [5.41, 5.74) is 1.27. The molecule has 3 aromatic rings. The van der Waals surface area contributed by atoms with Gasteiger partial charge in [0.15, 0.2) is 0 Å². The Hall–Kier alpha value is -2.71. The third kappa shape index (κ3) is 4.04. The zero-order chi connectivity index (χ0) is 20.4. The summed E-state index contributed by atoms with van der Waals surface area (Å²) in [7, 11) is -3.47. The van der Waals surface area contributed by atoms with Crippen molar-refractivity contribution in [3.8, 4) is 0 Å². The highest BCUT2D eigenvalue weighted by Crippen LogP contribution is 2.21. The van der Waals surface area contributed by atoms with E-state index in [0.29, 0.717) is 18.6 Å². The van der Waals surface area contributed by atoms with Gasteiger partial charge in [-0.25, -0.2) is 17.6 Å². The van der Waals surface area contributed by atoms with Crippen LogP contribution in [0.25, 0.3) is 10.9 Å². The molecule has 0 spiro atoms. The van der Waals surface area contributed by atoms with E-state index in [1.54, 1.807) is 42.6 Å². The molecule has 8 heteroatoms. The molecule has 0 bridgehead atoms. The van der Waals surface area contributed by atoms with Gasteiger partial charge in [-0.2, -0.15) is 4.31 Å². The number of sulfonamides is 1. The number of amides is 1. The first-order valence-electron chi connectivity index (χ1n) is 9.59. The lowest BCUT2D eigenvalue weighted by Crippen LogP contribution is -2.35. The van der Waals surface area contributed by atoms with Crippen LogP contribution in [0.5, 0.6) is 0 Å². The van der Waals surface area contributed by atoms with E-state index < -0.39 is 15.8 Å². The smallest absolute Gasteiger partial charge is 0.326 e. The second-order valence-electron chi connectivity index (χ2n) is 7.16. The van der Waals surface area contributed by atoms with Crippen LogP contribution in [0.3, 0.4) is 0 Å². The predicted octanol–water partition coefficient (Wildman–Crippen LogP) is 3.71. The van der Waals surface area contributed by atoms with E-state index in [1.807, 2.05) is 0 Å². The lowest BCUT2D eigenvalue weighted by molar-refractivity contribution is 0.243. The largest absolute Gasteiger partial charge is 0.333 e. The number of hydrogen-bond acceptors (Lipinski definition) is 3. The van der Waals surface area contributed by atoms with Crippen molar-refractivity contribution in [2.45, 2.75) is 30.7 Å². The molecular weight excluding hydrogens is 393 g/mol. The van der Waals surface area contributed by atoms with Crippen LogP contribution in [0.4, 0.5) is 9.18 Å². The van der Waals surface area contributed by atoms with Crippen LogP contribution in [0.2, 0.25) is 0 Å². The number of hydrogen-bond donors (Lipinski definition) is 1. The Morgan fingerprint density at radius 3 is 2.45 bits per heavy atom. The van der Waals surface area contributed by atoms with E-state index in [9.17, 15) is 17.6 Å². The first-order valence-corrected chi connectivity index (χ1v) is 11.0. The molecule has 6 nitrogen and oxygen atoms in total. The molecule has 0 saturated carbocycles. The summed E-state index contributed by atoms with van der Waals surface area (Å²) >= 11 is 0. The molecule has 152 valence electrons. The van der Waals surface area contributed by atoms with E-state index >= 15 is 0 Å². The Kier molecular flexibility index (Phi) is 5.38. The van der Waals surface area contributed by atoms with E-state index in [-0.39, 0.29) is 17.5 Å². The fraction of sp³-hybridized carbons (Fsp3) is 0.286. The van der Waals surface area contributed by atoms with Gasteiger partial charge in [0.05, 0.1) is 10.4 Å². The van der Waals surface area contributed by atoms with Crippen LogP contribution in [0.1, 0.15) is 24.8 Å². The molecule has 1 aromatic heterocycles. The standard InChI is InChI=1S/C21H22FN3O3S/c22-18-7-6-17-10-13-25(20(17)14-18)21(26)23-15-16-4-8-19(9-5-16)29(27,28)24-11-2-1-3-12-24/h4-10,13-14H,1-3,11-12,15H2,(H,23,26). The third-order valence-electron chi connectivity index (χ3n) is 5.19. The molecule has 0 unspecified atom stereocenters. The van der Waals surface area contributed by atoms with E-state index in [1.165, 1.54) is 21.0 Å². The summed E-state index contributed by atoms with van der Waals surface area (Å²) in [4.78, 5) is 12.7. The minimum absolute atomic E-state index is 0.234. The van der Waals surface area contributed by atoms with Gasteiger partial charge in [-0.15, -0.1) is 0 Å². The molecule has 2 aromatic carbocycles. The number of aromatic nitrogens is 1. The molecule has 29 heavy (non-hydrogen) atoms. The van der Waals surface area contributed by atoms with Gasteiger partial charge < -0.3 is 5.32 Å². The van der Waals surface area contributed by atoms with Crippen molar-refractivity contribution < 1.29 is 17.6 Å². The summed E-state index contributed by atoms with van der Waals surface area (Å²) in [6.45, 7) is 1.36. The monoisotopic (exact) mass is 415 g/mol. The zero-order valence-corrected chi connectivity index (χ0v) is 16.7. The molecular formula is C21H22FN3O3S. The number of nitrogens with one attached hydrogen (secondary N) is 1. The number of halogens is 1. The van der Waals surface area contributed by atoms with E-state index in [4.69, 9.17) is 0 Å². The molecule has 2 heterocycles. The van der Waals surface area contributed by atoms with Gasteiger partial charge in [0.1, 0.15) is 5.82 Å². The molecule has 1 saturated heterocycles. The van der Waals surface area contributed by atoms with Crippen molar-refractivity contribution >= 4 is 27.0 Å². The zero-order valence-electron chi connectivity index (χ0n) is 15.8. The van der Waals surface area contributed by atoms with E-state index in [2.05, 4.69) is 5.32 Å². The highest BCUT2D eigenvalue weighted by atomic mass is 32.2. The van der Waals surface area contributed by atoms with Crippen molar-refractivity contribution in [3.63, 3.8) is 0 Å². The summed E-state index contributed by atoms with van der Waals surface area (Å²) in [6.07, 6.45) is 4.43. The van der Waals surface area contributed by atoms with Gasteiger partial charge in [0.25, 0.3) is 0 Å². The topological polar surface area (TPSA) is 71.4 Å². The van der Waals surface area contributed by atoms with Gasteiger partial charge >= 0.3 is 6.03 Å². The Morgan fingerprint density at radius 2 is 1.72 bits per heavy atom. The molecule has 1 aliphatic rings. The normalized spacial score (nSPS) is 15.5. The molecule has 1 amide bonds. The summed E-state index contributed by atoms with van der Waals surface area (Å²) in [5, 5.41) is 3.55. The number of carbonyl (C=O) groups is 1. The molecule has 1 aliphatic heterocycles. The van der Waals surface area contributed by atoms with Gasteiger partial charge in [0.2, 0.25) is 10.0 Å². The number of fused-ring (bicyclic) bond motifs is 1. The second kappa shape index (κ2) is 7.96. The minimum Gasteiger partial charge on any atom is -0.333 e. The highest BCUT2D eigenvalue weighted by molar-refractivity contribution is 7.89. The lowest BCUT2D eigenvalue weighted by Gasteiger charge is -2.25. The Morgan fingerprint density at radius 1 is 1.00 bits per heavy atom. The quantitative estimate of drug-likeness (QED) is 0.706. The van der Waals surface area contributed by atoms with Crippen LogP contribution in [0.15, 0.2) is 59.6 Å². The summed E-state index contributed by atoms with van der Waals surface area (Å²) in [5.74, 6) is -0.407. The van der Waals surface area contributed by atoms with Crippen molar-refractivity contribution in [2.75, 3.05) is 13.1 Å². The number of carbonyl (C=O) groups excluding carboxylic acids is 1. The highest BCUT2D eigenvalue weighted by Gasteiger charge is 2.25. The van der Waals surface area contributed by atoms with Crippen molar-refractivity contribution in [1.82, 2.24) is 14.2 Å². The SMILES string of the molecule is O=C(NCc1ccc(S(=O)(=O)N2CCCCC2)cc1)n1ccc2ccc(F)cc21. The number of benzene rings is 2. The van der Waals surface area contributed by atoms with Crippen LogP contribution < -0.4 is 5.32 Å².